The van der Waals surface area contributed by atoms with Crippen molar-refractivity contribution in [1.29, 1.82) is 0 Å². The van der Waals surface area contributed by atoms with Crippen LogP contribution in [0.2, 0.25) is 0 Å². The van der Waals surface area contributed by atoms with E-state index in [1.54, 1.807) is 7.11 Å². The van der Waals surface area contributed by atoms with E-state index in [1.165, 1.54) is 63.6 Å². The van der Waals surface area contributed by atoms with Gasteiger partial charge in [0.1, 0.15) is 5.75 Å². The molecule has 3 rings (SSSR count). The number of piperidine rings is 1. The van der Waals surface area contributed by atoms with Gasteiger partial charge >= 0.3 is 0 Å². The SMILES string of the molecule is COc1ccccc1C(CNC1CCCC1)N1CCCCC1. The zero-order valence-electron chi connectivity index (χ0n) is 13.9. The van der Waals surface area contributed by atoms with Crippen molar-refractivity contribution in [1.82, 2.24) is 10.2 Å². The second-order valence-corrected chi connectivity index (χ2v) is 6.74. The number of rotatable bonds is 6. The molecule has 1 saturated carbocycles. The molecular weight excluding hydrogens is 272 g/mol. The van der Waals surface area contributed by atoms with Gasteiger partial charge in [0.05, 0.1) is 13.2 Å². The fourth-order valence-electron chi connectivity index (χ4n) is 4.02. The Labute approximate surface area is 135 Å². The molecule has 1 atom stereocenters. The van der Waals surface area contributed by atoms with Gasteiger partial charge in [0.25, 0.3) is 0 Å². The Morgan fingerprint density at radius 2 is 1.82 bits per heavy atom. The van der Waals surface area contributed by atoms with E-state index in [4.69, 9.17) is 4.74 Å². The highest BCUT2D eigenvalue weighted by Crippen LogP contribution is 2.31. The average Bonchev–Trinajstić information content (AvgIpc) is 3.10. The second kappa shape index (κ2) is 7.98. The predicted octanol–water partition coefficient (Wildman–Crippen LogP) is 3.75. The number of methoxy groups -OCH3 is 1. The van der Waals surface area contributed by atoms with Crippen molar-refractivity contribution in [2.24, 2.45) is 0 Å². The highest BCUT2D eigenvalue weighted by atomic mass is 16.5. The Hall–Kier alpha value is -1.06. The Morgan fingerprint density at radius 1 is 1.09 bits per heavy atom. The molecule has 0 radical (unpaired) electrons. The van der Waals surface area contributed by atoms with Gasteiger partial charge in [-0.2, -0.15) is 0 Å². The van der Waals surface area contributed by atoms with Crippen LogP contribution < -0.4 is 10.1 Å². The predicted molar refractivity (Wildman–Crippen MR) is 91.4 cm³/mol. The summed E-state index contributed by atoms with van der Waals surface area (Å²) < 4.78 is 5.63. The number of para-hydroxylation sites is 1. The van der Waals surface area contributed by atoms with Crippen LogP contribution in [-0.4, -0.2) is 37.7 Å². The first-order chi connectivity index (χ1) is 10.9. The lowest BCUT2D eigenvalue weighted by Gasteiger charge is -2.36. The summed E-state index contributed by atoms with van der Waals surface area (Å²) in [5.41, 5.74) is 1.34. The Kier molecular flexibility index (Phi) is 5.74. The third-order valence-electron chi connectivity index (χ3n) is 5.28. The minimum atomic E-state index is 0.442. The topological polar surface area (TPSA) is 24.5 Å². The highest BCUT2D eigenvalue weighted by molar-refractivity contribution is 5.36. The van der Waals surface area contributed by atoms with E-state index in [0.29, 0.717) is 6.04 Å². The van der Waals surface area contributed by atoms with Gasteiger partial charge < -0.3 is 10.1 Å². The lowest BCUT2D eigenvalue weighted by molar-refractivity contribution is 0.155. The van der Waals surface area contributed by atoms with Crippen LogP contribution >= 0.6 is 0 Å². The fraction of sp³-hybridized carbons (Fsp3) is 0.684. The zero-order valence-corrected chi connectivity index (χ0v) is 13.9. The standard InChI is InChI=1S/C19H30N2O/c1-22-19-12-6-5-11-17(19)18(21-13-7-2-8-14-21)15-20-16-9-3-4-10-16/h5-6,11-12,16,18,20H,2-4,7-10,13-15H2,1H3. The molecule has 1 unspecified atom stereocenters. The van der Waals surface area contributed by atoms with Gasteiger partial charge in [-0.15, -0.1) is 0 Å². The van der Waals surface area contributed by atoms with E-state index in [1.807, 2.05) is 0 Å². The Balaban J connectivity index is 1.74. The van der Waals surface area contributed by atoms with E-state index in [2.05, 4.69) is 34.5 Å². The van der Waals surface area contributed by atoms with Crippen molar-refractivity contribution >= 4 is 0 Å². The summed E-state index contributed by atoms with van der Waals surface area (Å²) in [7, 11) is 1.79. The molecule has 1 aromatic rings. The van der Waals surface area contributed by atoms with E-state index in [-0.39, 0.29) is 0 Å². The molecule has 3 heteroatoms. The lowest BCUT2D eigenvalue weighted by atomic mass is 10.00. The minimum absolute atomic E-state index is 0.442. The van der Waals surface area contributed by atoms with Crippen molar-refractivity contribution < 1.29 is 4.74 Å². The molecule has 3 nitrogen and oxygen atoms in total. The van der Waals surface area contributed by atoms with Crippen LogP contribution in [0.5, 0.6) is 5.75 Å². The van der Waals surface area contributed by atoms with Gasteiger partial charge in [-0.1, -0.05) is 37.5 Å². The first-order valence-electron chi connectivity index (χ1n) is 8.99. The zero-order chi connectivity index (χ0) is 15.2. The summed E-state index contributed by atoms with van der Waals surface area (Å²) in [6.45, 7) is 3.48. The monoisotopic (exact) mass is 302 g/mol. The number of ether oxygens (including phenoxy) is 1. The maximum absolute atomic E-state index is 5.63. The van der Waals surface area contributed by atoms with E-state index in [9.17, 15) is 0 Å². The van der Waals surface area contributed by atoms with Crippen molar-refractivity contribution in [2.45, 2.75) is 57.0 Å². The highest BCUT2D eigenvalue weighted by Gasteiger charge is 2.26. The quantitative estimate of drug-likeness (QED) is 0.866. The maximum Gasteiger partial charge on any atom is 0.123 e. The first-order valence-corrected chi connectivity index (χ1v) is 8.99. The summed E-state index contributed by atoms with van der Waals surface area (Å²) >= 11 is 0. The summed E-state index contributed by atoms with van der Waals surface area (Å²) in [5, 5.41) is 3.83. The molecule has 2 fully saturated rings. The molecule has 122 valence electrons. The van der Waals surface area contributed by atoms with Gasteiger partial charge in [0.2, 0.25) is 0 Å². The number of benzene rings is 1. The van der Waals surface area contributed by atoms with Crippen molar-refractivity contribution in [2.75, 3.05) is 26.7 Å². The summed E-state index contributed by atoms with van der Waals surface area (Å²) in [6.07, 6.45) is 9.51. The summed E-state index contributed by atoms with van der Waals surface area (Å²) in [5.74, 6) is 1.03. The van der Waals surface area contributed by atoms with E-state index < -0.39 is 0 Å². The van der Waals surface area contributed by atoms with Crippen LogP contribution in [-0.2, 0) is 0 Å². The number of nitrogens with one attached hydrogen (secondary N) is 1. The van der Waals surface area contributed by atoms with Gasteiger partial charge in [-0.05, 0) is 44.8 Å². The number of nitrogens with zero attached hydrogens (tertiary/aromatic N) is 1. The summed E-state index contributed by atoms with van der Waals surface area (Å²) in [6, 6.07) is 9.72. The van der Waals surface area contributed by atoms with Crippen LogP contribution in [0.1, 0.15) is 56.6 Å². The van der Waals surface area contributed by atoms with Crippen LogP contribution in [0.4, 0.5) is 0 Å². The molecule has 1 N–H and O–H groups in total. The van der Waals surface area contributed by atoms with E-state index >= 15 is 0 Å². The lowest BCUT2D eigenvalue weighted by Crippen LogP contribution is -2.41. The molecular formula is C19H30N2O. The van der Waals surface area contributed by atoms with Gasteiger partial charge in [0, 0.05) is 18.2 Å². The molecule has 0 aromatic heterocycles. The van der Waals surface area contributed by atoms with Gasteiger partial charge in [0.15, 0.2) is 0 Å². The molecule has 1 heterocycles. The minimum Gasteiger partial charge on any atom is -0.496 e. The maximum atomic E-state index is 5.63. The smallest absolute Gasteiger partial charge is 0.123 e. The number of hydrogen-bond acceptors (Lipinski definition) is 3. The van der Waals surface area contributed by atoms with Crippen LogP contribution in [0.3, 0.4) is 0 Å². The Bertz CT molecular complexity index is 451. The van der Waals surface area contributed by atoms with Crippen LogP contribution in [0, 0.1) is 0 Å². The molecule has 1 aliphatic heterocycles. The average molecular weight is 302 g/mol. The van der Waals surface area contributed by atoms with E-state index in [0.717, 1.165) is 18.3 Å². The third-order valence-corrected chi connectivity index (χ3v) is 5.28. The normalized spacial score (nSPS) is 21.9. The second-order valence-electron chi connectivity index (χ2n) is 6.74. The largest absolute Gasteiger partial charge is 0.496 e. The molecule has 0 bridgehead atoms. The molecule has 1 aromatic carbocycles. The molecule has 0 spiro atoms. The Morgan fingerprint density at radius 3 is 2.55 bits per heavy atom. The first kappa shape index (κ1) is 15.8. The molecule has 0 amide bonds. The number of hydrogen-bond donors (Lipinski definition) is 1. The molecule has 1 saturated heterocycles. The number of likely N-dealkylation sites (tertiary alicyclic amines) is 1. The summed E-state index contributed by atoms with van der Waals surface area (Å²) in [4.78, 5) is 2.66. The third kappa shape index (κ3) is 3.82. The van der Waals surface area contributed by atoms with Crippen molar-refractivity contribution in [3.05, 3.63) is 29.8 Å². The van der Waals surface area contributed by atoms with Gasteiger partial charge in [-0.25, -0.2) is 0 Å². The fourth-order valence-corrected chi connectivity index (χ4v) is 4.02. The molecule has 2 aliphatic rings. The molecule has 22 heavy (non-hydrogen) atoms. The van der Waals surface area contributed by atoms with Crippen molar-refractivity contribution in [3.63, 3.8) is 0 Å². The van der Waals surface area contributed by atoms with Crippen molar-refractivity contribution in [3.8, 4) is 5.75 Å². The van der Waals surface area contributed by atoms with Gasteiger partial charge in [-0.3, -0.25) is 4.90 Å². The molecule has 1 aliphatic carbocycles. The van der Waals surface area contributed by atoms with Crippen LogP contribution in [0.15, 0.2) is 24.3 Å². The van der Waals surface area contributed by atoms with Crippen LogP contribution in [0.25, 0.3) is 0 Å².